The molecule has 0 aliphatic rings. The fourth-order valence-corrected chi connectivity index (χ4v) is 1.53. The van der Waals surface area contributed by atoms with Gasteiger partial charge in [0.15, 0.2) is 0 Å². The zero-order valence-electron chi connectivity index (χ0n) is 6.49. The Hall–Kier alpha value is -1.09. The summed E-state index contributed by atoms with van der Waals surface area (Å²) in [4.78, 5) is 0. The molecule has 0 fully saturated rings. The Bertz CT molecular complexity index is 405. The molecule has 6 heteroatoms. The van der Waals surface area contributed by atoms with Crippen molar-refractivity contribution in [2.75, 3.05) is 0 Å². The van der Waals surface area contributed by atoms with Crippen LogP contribution in [0.3, 0.4) is 0 Å². The van der Waals surface area contributed by atoms with E-state index in [-0.39, 0.29) is 5.56 Å². The lowest BCUT2D eigenvalue weighted by Crippen LogP contribution is -2.10. The van der Waals surface area contributed by atoms with Crippen molar-refractivity contribution < 1.29 is 17.6 Å². The van der Waals surface area contributed by atoms with E-state index >= 15 is 0 Å². The van der Waals surface area contributed by atoms with Crippen LogP contribution in [0.4, 0.5) is 17.6 Å². The largest absolute Gasteiger partial charge is 0.420 e. The number of alkyl halides is 3. The van der Waals surface area contributed by atoms with Crippen LogP contribution in [0.25, 0.3) is 0 Å². The summed E-state index contributed by atoms with van der Waals surface area (Å²) in [7, 11) is 0. The first-order chi connectivity index (χ1) is 6.38. The van der Waals surface area contributed by atoms with Crippen LogP contribution in [0.1, 0.15) is 11.1 Å². The van der Waals surface area contributed by atoms with Gasteiger partial charge in [-0.15, -0.1) is 0 Å². The average molecular weight is 268 g/mol. The van der Waals surface area contributed by atoms with Crippen molar-refractivity contribution in [2.45, 2.75) is 6.18 Å². The predicted molar refractivity (Wildman–Crippen MR) is 43.8 cm³/mol. The van der Waals surface area contributed by atoms with E-state index in [1.165, 1.54) is 6.07 Å². The van der Waals surface area contributed by atoms with E-state index < -0.39 is 22.0 Å². The summed E-state index contributed by atoms with van der Waals surface area (Å²) in [6.07, 6.45) is -4.81. The van der Waals surface area contributed by atoms with E-state index in [1.54, 1.807) is 0 Å². The second-order valence-corrected chi connectivity index (χ2v) is 3.19. The second-order valence-electron chi connectivity index (χ2n) is 2.39. The molecular weight excluding hydrogens is 266 g/mol. The molecule has 0 aliphatic heterocycles. The van der Waals surface area contributed by atoms with Gasteiger partial charge in [0.1, 0.15) is 17.4 Å². The van der Waals surface area contributed by atoms with Crippen molar-refractivity contribution in [3.63, 3.8) is 0 Å². The zero-order chi connectivity index (χ0) is 10.9. The summed E-state index contributed by atoms with van der Waals surface area (Å²) in [5.41, 5.74) is -1.70. The maximum absolute atomic E-state index is 12.8. The molecule has 14 heavy (non-hydrogen) atoms. The summed E-state index contributed by atoms with van der Waals surface area (Å²) >= 11 is 2.55. The van der Waals surface area contributed by atoms with Crippen molar-refractivity contribution in [2.24, 2.45) is 0 Å². The normalized spacial score (nSPS) is 11.1. The highest BCUT2D eigenvalue weighted by Gasteiger charge is 2.37. The number of rotatable bonds is 0. The molecule has 0 aromatic heterocycles. The molecule has 0 aliphatic carbocycles. The van der Waals surface area contributed by atoms with Crippen LogP contribution in [-0.2, 0) is 6.18 Å². The van der Waals surface area contributed by atoms with Crippen LogP contribution in [0, 0.1) is 17.1 Å². The molecule has 0 saturated carbocycles. The van der Waals surface area contributed by atoms with Gasteiger partial charge < -0.3 is 0 Å². The van der Waals surface area contributed by atoms with Gasteiger partial charge in [-0.05, 0) is 28.1 Å². The third kappa shape index (κ3) is 1.87. The number of nitriles is 1. The summed E-state index contributed by atoms with van der Waals surface area (Å²) in [6, 6.07) is 3.12. The van der Waals surface area contributed by atoms with Gasteiger partial charge >= 0.3 is 6.18 Å². The van der Waals surface area contributed by atoms with Crippen LogP contribution in [0.2, 0.25) is 0 Å². The van der Waals surface area contributed by atoms with Crippen LogP contribution in [0.5, 0.6) is 0 Å². The second kappa shape index (κ2) is 3.58. The van der Waals surface area contributed by atoms with Crippen molar-refractivity contribution in [3.05, 3.63) is 33.5 Å². The standard InChI is InChI=1S/C8H2BrF4N/c9-7-4(3-14)1-2-5(10)6(7)8(11,12)13/h1-2H. The van der Waals surface area contributed by atoms with Crippen LogP contribution >= 0.6 is 15.9 Å². The van der Waals surface area contributed by atoms with E-state index in [2.05, 4.69) is 15.9 Å². The Morgan fingerprint density at radius 2 is 1.86 bits per heavy atom. The lowest BCUT2D eigenvalue weighted by atomic mass is 10.1. The van der Waals surface area contributed by atoms with Gasteiger partial charge in [-0.3, -0.25) is 0 Å². The van der Waals surface area contributed by atoms with Crippen LogP contribution in [-0.4, -0.2) is 0 Å². The van der Waals surface area contributed by atoms with Gasteiger partial charge in [0.05, 0.1) is 10.0 Å². The first kappa shape index (κ1) is 11.0. The molecule has 1 nitrogen and oxygen atoms in total. The Morgan fingerprint density at radius 3 is 2.29 bits per heavy atom. The number of halogens is 5. The third-order valence-electron chi connectivity index (χ3n) is 1.50. The molecule has 0 unspecified atom stereocenters. The maximum atomic E-state index is 12.8. The average Bonchev–Trinajstić information content (AvgIpc) is 2.02. The highest BCUT2D eigenvalue weighted by atomic mass is 79.9. The SMILES string of the molecule is N#Cc1ccc(F)c(C(F)(F)F)c1Br. The number of hydrogen-bond donors (Lipinski definition) is 0. The summed E-state index contributed by atoms with van der Waals surface area (Å²) in [5, 5.41) is 8.43. The van der Waals surface area contributed by atoms with Gasteiger partial charge in [0, 0.05) is 0 Å². The molecule has 0 saturated heterocycles. The lowest BCUT2D eigenvalue weighted by molar-refractivity contribution is -0.140. The molecule has 1 rings (SSSR count). The molecule has 0 N–H and O–H groups in total. The van der Waals surface area contributed by atoms with Gasteiger partial charge in [0.25, 0.3) is 0 Å². The Kier molecular flexibility index (Phi) is 2.81. The summed E-state index contributed by atoms with van der Waals surface area (Å²) in [6.45, 7) is 0. The molecule has 1 aromatic carbocycles. The van der Waals surface area contributed by atoms with E-state index in [9.17, 15) is 17.6 Å². The highest BCUT2D eigenvalue weighted by molar-refractivity contribution is 9.10. The minimum absolute atomic E-state index is 0.251. The Labute approximate surface area is 85.1 Å². The van der Waals surface area contributed by atoms with E-state index in [0.29, 0.717) is 6.07 Å². The Balaban J connectivity index is 3.50. The lowest BCUT2D eigenvalue weighted by Gasteiger charge is -2.10. The summed E-state index contributed by atoms with van der Waals surface area (Å²) in [5.74, 6) is -1.40. The molecule has 0 radical (unpaired) electrons. The van der Waals surface area contributed by atoms with Gasteiger partial charge in [-0.25, -0.2) is 4.39 Å². The smallest absolute Gasteiger partial charge is 0.206 e. The van der Waals surface area contributed by atoms with E-state index in [1.807, 2.05) is 0 Å². The van der Waals surface area contributed by atoms with Gasteiger partial charge in [0.2, 0.25) is 0 Å². The fourth-order valence-electron chi connectivity index (χ4n) is 0.899. The van der Waals surface area contributed by atoms with Gasteiger partial charge in [-0.2, -0.15) is 18.4 Å². The quantitative estimate of drug-likeness (QED) is 0.661. The van der Waals surface area contributed by atoms with Crippen LogP contribution < -0.4 is 0 Å². The van der Waals surface area contributed by atoms with Crippen molar-refractivity contribution in [1.82, 2.24) is 0 Å². The van der Waals surface area contributed by atoms with Crippen molar-refractivity contribution in [3.8, 4) is 6.07 Å². The topological polar surface area (TPSA) is 23.8 Å². The number of benzene rings is 1. The monoisotopic (exact) mass is 267 g/mol. The molecule has 0 atom stereocenters. The molecule has 1 aromatic rings. The van der Waals surface area contributed by atoms with Gasteiger partial charge in [-0.1, -0.05) is 0 Å². The molecule has 0 spiro atoms. The molecule has 0 amide bonds. The molecule has 0 bridgehead atoms. The third-order valence-corrected chi connectivity index (χ3v) is 2.32. The molecular formula is C8H2BrF4N. The number of nitrogens with zero attached hydrogens (tertiary/aromatic N) is 1. The molecule has 74 valence electrons. The summed E-state index contributed by atoms with van der Waals surface area (Å²) < 4.78 is 49.0. The maximum Gasteiger partial charge on any atom is 0.420 e. The minimum atomic E-state index is -4.81. The first-order valence-corrected chi connectivity index (χ1v) is 4.12. The predicted octanol–water partition coefficient (Wildman–Crippen LogP) is 3.48. The van der Waals surface area contributed by atoms with Crippen molar-refractivity contribution in [1.29, 1.82) is 5.26 Å². The van der Waals surface area contributed by atoms with E-state index in [0.717, 1.165) is 6.07 Å². The number of hydrogen-bond acceptors (Lipinski definition) is 1. The Morgan fingerprint density at radius 1 is 1.29 bits per heavy atom. The fraction of sp³-hybridized carbons (Fsp3) is 0.125. The van der Waals surface area contributed by atoms with E-state index in [4.69, 9.17) is 5.26 Å². The molecule has 0 heterocycles. The minimum Gasteiger partial charge on any atom is -0.206 e. The van der Waals surface area contributed by atoms with Crippen LogP contribution in [0.15, 0.2) is 16.6 Å². The highest BCUT2D eigenvalue weighted by Crippen LogP contribution is 2.38. The van der Waals surface area contributed by atoms with Crippen molar-refractivity contribution >= 4 is 15.9 Å². The first-order valence-electron chi connectivity index (χ1n) is 3.33. The zero-order valence-corrected chi connectivity index (χ0v) is 8.08.